The van der Waals surface area contributed by atoms with Crippen molar-refractivity contribution >= 4 is 21.6 Å². The van der Waals surface area contributed by atoms with E-state index < -0.39 is 0 Å². The van der Waals surface area contributed by atoms with Gasteiger partial charge in [-0.3, -0.25) is 14.1 Å². The summed E-state index contributed by atoms with van der Waals surface area (Å²) in [6, 6.07) is 5.47. The fourth-order valence-electron chi connectivity index (χ4n) is 2.73. The third-order valence-corrected chi connectivity index (χ3v) is 4.22. The molecule has 0 radical (unpaired) electrons. The molecular weight excluding hydrogens is 322 g/mol. The lowest BCUT2D eigenvalue weighted by Gasteiger charge is -2.22. The highest BCUT2D eigenvalue weighted by molar-refractivity contribution is 9.10. The van der Waals surface area contributed by atoms with Crippen LogP contribution in [0.3, 0.4) is 0 Å². The minimum Gasteiger partial charge on any atom is -0.395 e. The molecule has 0 spiro atoms. The molecule has 0 saturated carbocycles. The molecular formula is C14H16BrN3O2. The highest BCUT2D eigenvalue weighted by atomic mass is 79.9. The van der Waals surface area contributed by atoms with Crippen molar-refractivity contribution in [2.75, 3.05) is 13.2 Å². The van der Waals surface area contributed by atoms with Gasteiger partial charge >= 0.3 is 0 Å². The van der Waals surface area contributed by atoms with Gasteiger partial charge in [0.15, 0.2) is 0 Å². The van der Waals surface area contributed by atoms with Crippen LogP contribution in [-0.2, 0) is 6.54 Å². The summed E-state index contributed by atoms with van der Waals surface area (Å²) in [5.41, 5.74) is 1.33. The first-order valence-electron chi connectivity index (χ1n) is 6.70. The lowest BCUT2D eigenvalue weighted by molar-refractivity contribution is 0.152. The standard InChI is InChI=1S/C14H16BrN3O2/c15-10-3-4-13-16-11(6-14(20)18(13)7-10)8-17-5-1-2-12(17)9-19/h3-4,6-7,12,19H,1-2,5,8-9H2. The van der Waals surface area contributed by atoms with Crippen molar-refractivity contribution in [2.24, 2.45) is 0 Å². The zero-order valence-corrected chi connectivity index (χ0v) is 12.6. The zero-order valence-electron chi connectivity index (χ0n) is 11.0. The summed E-state index contributed by atoms with van der Waals surface area (Å²) in [6.07, 6.45) is 3.82. The number of likely N-dealkylation sites (tertiary alicyclic amines) is 1. The Balaban J connectivity index is 1.93. The predicted molar refractivity (Wildman–Crippen MR) is 79.7 cm³/mol. The van der Waals surface area contributed by atoms with Crippen LogP contribution < -0.4 is 5.56 Å². The van der Waals surface area contributed by atoms with E-state index in [1.165, 1.54) is 4.40 Å². The van der Waals surface area contributed by atoms with Crippen LogP contribution in [0.15, 0.2) is 33.7 Å². The first kappa shape index (κ1) is 13.7. The van der Waals surface area contributed by atoms with Crippen molar-refractivity contribution in [3.05, 3.63) is 44.9 Å². The van der Waals surface area contributed by atoms with Gasteiger partial charge < -0.3 is 5.11 Å². The molecule has 106 valence electrons. The molecule has 0 aromatic carbocycles. The summed E-state index contributed by atoms with van der Waals surface area (Å²) in [7, 11) is 0. The number of aromatic nitrogens is 2. The minimum atomic E-state index is -0.0777. The van der Waals surface area contributed by atoms with E-state index in [0.717, 1.165) is 29.6 Å². The van der Waals surface area contributed by atoms with Crippen LogP contribution in [0, 0.1) is 0 Å². The second-order valence-electron chi connectivity index (χ2n) is 5.11. The SMILES string of the molecule is O=c1cc(CN2CCCC2CO)nc2ccc(Br)cn12. The lowest BCUT2D eigenvalue weighted by Crippen LogP contribution is -2.32. The molecule has 1 saturated heterocycles. The van der Waals surface area contributed by atoms with Crippen LogP contribution in [0.5, 0.6) is 0 Å². The smallest absolute Gasteiger partial charge is 0.258 e. The zero-order chi connectivity index (χ0) is 14.1. The van der Waals surface area contributed by atoms with E-state index in [9.17, 15) is 9.90 Å². The third kappa shape index (κ3) is 2.63. The summed E-state index contributed by atoms with van der Waals surface area (Å²) >= 11 is 3.35. The van der Waals surface area contributed by atoms with Crippen molar-refractivity contribution in [3.63, 3.8) is 0 Å². The number of aliphatic hydroxyl groups excluding tert-OH is 1. The lowest BCUT2D eigenvalue weighted by atomic mass is 10.2. The average Bonchev–Trinajstić information content (AvgIpc) is 2.87. The number of aliphatic hydroxyl groups is 1. The Bertz CT molecular complexity index is 686. The van der Waals surface area contributed by atoms with Gasteiger partial charge in [-0.05, 0) is 47.4 Å². The van der Waals surface area contributed by atoms with Gasteiger partial charge in [-0.1, -0.05) is 0 Å². The van der Waals surface area contributed by atoms with E-state index in [0.29, 0.717) is 12.2 Å². The Morgan fingerprint density at radius 2 is 2.30 bits per heavy atom. The van der Waals surface area contributed by atoms with Crippen molar-refractivity contribution in [1.82, 2.24) is 14.3 Å². The number of hydrogen-bond donors (Lipinski definition) is 1. The number of fused-ring (bicyclic) bond motifs is 1. The van der Waals surface area contributed by atoms with E-state index in [-0.39, 0.29) is 18.2 Å². The molecule has 3 heterocycles. The number of rotatable bonds is 3. The van der Waals surface area contributed by atoms with E-state index in [1.807, 2.05) is 12.1 Å². The molecule has 3 rings (SSSR count). The van der Waals surface area contributed by atoms with Crippen LogP contribution in [0.25, 0.3) is 5.65 Å². The molecule has 0 bridgehead atoms. The number of halogens is 1. The summed E-state index contributed by atoms with van der Waals surface area (Å²) in [5, 5.41) is 9.34. The van der Waals surface area contributed by atoms with Crippen LogP contribution >= 0.6 is 15.9 Å². The molecule has 1 atom stereocenters. The fourth-order valence-corrected chi connectivity index (χ4v) is 3.06. The second kappa shape index (κ2) is 5.63. The van der Waals surface area contributed by atoms with Crippen LogP contribution in [0.4, 0.5) is 0 Å². The Kier molecular flexibility index (Phi) is 3.87. The van der Waals surface area contributed by atoms with Crippen molar-refractivity contribution < 1.29 is 5.11 Å². The van der Waals surface area contributed by atoms with Crippen LogP contribution in [0.2, 0.25) is 0 Å². The van der Waals surface area contributed by atoms with Gasteiger partial charge in [-0.2, -0.15) is 0 Å². The monoisotopic (exact) mass is 337 g/mol. The molecule has 0 amide bonds. The average molecular weight is 338 g/mol. The van der Waals surface area contributed by atoms with E-state index in [2.05, 4.69) is 25.8 Å². The maximum atomic E-state index is 12.1. The second-order valence-corrected chi connectivity index (χ2v) is 6.03. The molecule has 2 aromatic rings. The topological polar surface area (TPSA) is 57.8 Å². The van der Waals surface area contributed by atoms with E-state index in [1.54, 1.807) is 12.3 Å². The van der Waals surface area contributed by atoms with Crippen molar-refractivity contribution in [3.8, 4) is 0 Å². The predicted octanol–water partition coefficient (Wildman–Crippen LogP) is 1.41. The molecule has 1 fully saturated rings. The quantitative estimate of drug-likeness (QED) is 0.920. The largest absolute Gasteiger partial charge is 0.395 e. The third-order valence-electron chi connectivity index (χ3n) is 3.75. The Morgan fingerprint density at radius 1 is 1.45 bits per heavy atom. The normalized spacial score (nSPS) is 19.8. The summed E-state index contributed by atoms with van der Waals surface area (Å²) in [5.74, 6) is 0. The first-order valence-corrected chi connectivity index (χ1v) is 7.49. The number of hydrogen-bond acceptors (Lipinski definition) is 4. The van der Waals surface area contributed by atoms with Gasteiger partial charge in [-0.25, -0.2) is 4.98 Å². The molecule has 1 N–H and O–H groups in total. The highest BCUT2D eigenvalue weighted by Gasteiger charge is 2.24. The van der Waals surface area contributed by atoms with Gasteiger partial charge in [-0.15, -0.1) is 0 Å². The first-order chi connectivity index (χ1) is 9.67. The Hall–Kier alpha value is -1.24. The Labute approximate surface area is 125 Å². The molecule has 1 unspecified atom stereocenters. The van der Waals surface area contributed by atoms with E-state index >= 15 is 0 Å². The molecule has 1 aliphatic heterocycles. The van der Waals surface area contributed by atoms with Crippen LogP contribution in [0.1, 0.15) is 18.5 Å². The van der Waals surface area contributed by atoms with Gasteiger partial charge in [0.1, 0.15) is 5.65 Å². The maximum Gasteiger partial charge on any atom is 0.258 e. The van der Waals surface area contributed by atoms with Gasteiger partial charge in [0.05, 0.1) is 12.3 Å². The molecule has 1 aliphatic rings. The summed E-state index contributed by atoms with van der Waals surface area (Å²) in [4.78, 5) is 18.8. The van der Waals surface area contributed by atoms with E-state index in [4.69, 9.17) is 0 Å². The van der Waals surface area contributed by atoms with Crippen LogP contribution in [-0.4, -0.2) is 38.6 Å². The summed E-state index contributed by atoms with van der Waals surface area (Å²) < 4.78 is 2.38. The molecule has 5 nitrogen and oxygen atoms in total. The number of pyridine rings is 1. The minimum absolute atomic E-state index is 0.0777. The fraction of sp³-hybridized carbons (Fsp3) is 0.429. The van der Waals surface area contributed by atoms with Crippen molar-refractivity contribution in [1.29, 1.82) is 0 Å². The van der Waals surface area contributed by atoms with Gasteiger partial charge in [0.25, 0.3) is 5.56 Å². The number of nitrogens with zero attached hydrogens (tertiary/aromatic N) is 3. The maximum absolute atomic E-state index is 12.1. The van der Waals surface area contributed by atoms with Gasteiger partial charge in [0, 0.05) is 29.3 Å². The molecule has 0 aliphatic carbocycles. The molecule has 6 heteroatoms. The highest BCUT2D eigenvalue weighted by Crippen LogP contribution is 2.19. The summed E-state index contributed by atoms with van der Waals surface area (Å²) in [6.45, 7) is 1.74. The molecule has 20 heavy (non-hydrogen) atoms. The molecule has 2 aromatic heterocycles. The Morgan fingerprint density at radius 3 is 3.10 bits per heavy atom. The van der Waals surface area contributed by atoms with Gasteiger partial charge in [0.2, 0.25) is 0 Å². The van der Waals surface area contributed by atoms with Crippen molar-refractivity contribution in [2.45, 2.75) is 25.4 Å².